The number of carbonyl (C=O) groups is 3. The molecule has 1 heterocycles. The number of fused-ring (bicyclic) bond motifs is 1. The molecule has 9 heteroatoms. The first-order chi connectivity index (χ1) is 17.2. The molecule has 0 unspecified atom stereocenters. The fourth-order valence-corrected chi connectivity index (χ4v) is 5.46. The summed E-state index contributed by atoms with van der Waals surface area (Å²) in [6, 6.07) is 19.0. The summed E-state index contributed by atoms with van der Waals surface area (Å²) in [6.07, 6.45) is -0.0764. The molecule has 1 aliphatic heterocycles. The molecule has 4 rings (SSSR count). The molecule has 0 aliphatic carbocycles. The smallest absolute Gasteiger partial charge is 0.270 e. The van der Waals surface area contributed by atoms with Gasteiger partial charge in [0.15, 0.2) is 0 Å². The van der Waals surface area contributed by atoms with E-state index in [2.05, 4.69) is 0 Å². The number of carbonyl (C=O) groups excluding carboxylic acids is 3. The number of imide groups is 1. The van der Waals surface area contributed by atoms with Crippen LogP contribution in [0.2, 0.25) is 0 Å². The topological polar surface area (TPSA) is 101 Å². The van der Waals surface area contributed by atoms with Crippen LogP contribution in [0.15, 0.2) is 77.7 Å². The Bertz CT molecular complexity index is 1360. The molecule has 3 aromatic carbocycles. The lowest BCUT2D eigenvalue weighted by atomic mass is 10.1. The van der Waals surface area contributed by atoms with E-state index >= 15 is 0 Å². The van der Waals surface area contributed by atoms with E-state index in [1.54, 1.807) is 48.5 Å². The first-order valence-corrected chi connectivity index (χ1v) is 13.0. The highest BCUT2D eigenvalue weighted by Crippen LogP contribution is 2.28. The zero-order valence-corrected chi connectivity index (χ0v) is 20.8. The van der Waals surface area contributed by atoms with Gasteiger partial charge in [-0.3, -0.25) is 19.3 Å². The van der Waals surface area contributed by atoms with Gasteiger partial charge in [-0.1, -0.05) is 29.8 Å². The molecule has 0 radical (unpaired) electrons. The molecule has 3 aromatic rings. The summed E-state index contributed by atoms with van der Waals surface area (Å²) >= 11 is 0. The molecule has 186 valence electrons. The number of amides is 3. The van der Waals surface area contributed by atoms with Crippen LogP contribution in [0, 0.1) is 6.92 Å². The van der Waals surface area contributed by atoms with Gasteiger partial charge in [-0.15, -0.1) is 0 Å². The third-order valence-electron chi connectivity index (χ3n) is 5.82. The molecule has 0 fully saturated rings. The van der Waals surface area contributed by atoms with Crippen LogP contribution in [-0.4, -0.2) is 44.2 Å². The van der Waals surface area contributed by atoms with Gasteiger partial charge >= 0.3 is 0 Å². The van der Waals surface area contributed by atoms with Crippen molar-refractivity contribution in [3.05, 3.63) is 89.5 Å². The fourth-order valence-electron chi connectivity index (χ4n) is 4.01. The number of anilines is 1. The van der Waals surface area contributed by atoms with Gasteiger partial charge in [0.1, 0.15) is 5.75 Å². The van der Waals surface area contributed by atoms with Crippen molar-refractivity contribution in [3.8, 4) is 5.75 Å². The monoisotopic (exact) mass is 506 g/mol. The molecule has 36 heavy (non-hydrogen) atoms. The number of hydrogen-bond acceptors (Lipinski definition) is 6. The fraction of sp³-hybridized carbons (Fsp3) is 0.222. The molecule has 0 spiro atoms. The molecule has 3 amide bonds. The van der Waals surface area contributed by atoms with Crippen LogP contribution in [-0.2, 0) is 14.8 Å². The van der Waals surface area contributed by atoms with Crippen molar-refractivity contribution in [1.29, 1.82) is 0 Å². The van der Waals surface area contributed by atoms with Crippen LogP contribution in [0.1, 0.15) is 46.0 Å². The Kier molecular flexibility index (Phi) is 7.21. The van der Waals surface area contributed by atoms with Crippen molar-refractivity contribution < 1.29 is 27.5 Å². The Morgan fingerprint density at radius 2 is 1.47 bits per heavy atom. The summed E-state index contributed by atoms with van der Waals surface area (Å²) in [5, 5.41) is 0. The quantitative estimate of drug-likeness (QED) is 0.404. The van der Waals surface area contributed by atoms with Crippen molar-refractivity contribution in [2.45, 2.75) is 31.6 Å². The number of aryl methyl sites for hydroxylation is 1. The van der Waals surface area contributed by atoms with Crippen LogP contribution in [0.4, 0.5) is 5.69 Å². The summed E-state index contributed by atoms with van der Waals surface area (Å²) < 4.78 is 33.3. The third-order valence-corrected chi connectivity index (χ3v) is 7.58. The number of nitrogens with zero attached hydrogens (tertiary/aromatic N) is 2. The van der Waals surface area contributed by atoms with Crippen molar-refractivity contribution in [2.24, 2.45) is 0 Å². The van der Waals surface area contributed by atoms with E-state index in [-0.39, 0.29) is 30.0 Å². The molecule has 0 bridgehead atoms. The van der Waals surface area contributed by atoms with Crippen LogP contribution in [0.25, 0.3) is 0 Å². The Hall–Kier alpha value is -3.98. The van der Waals surface area contributed by atoms with Gasteiger partial charge in [-0.05, 0) is 68.8 Å². The van der Waals surface area contributed by atoms with Crippen molar-refractivity contribution in [2.75, 3.05) is 17.5 Å². The largest absolute Gasteiger partial charge is 0.494 e. The van der Waals surface area contributed by atoms with Crippen molar-refractivity contribution >= 4 is 33.4 Å². The zero-order chi connectivity index (χ0) is 25.9. The van der Waals surface area contributed by atoms with Crippen LogP contribution < -0.4 is 9.04 Å². The lowest BCUT2D eigenvalue weighted by molar-refractivity contribution is -0.117. The molecular weight excluding hydrogens is 480 g/mol. The molecule has 0 saturated heterocycles. The number of rotatable bonds is 9. The normalized spacial score (nSPS) is 13.0. The molecule has 1 aliphatic rings. The summed E-state index contributed by atoms with van der Waals surface area (Å²) in [7, 11) is -4.21. The molecule has 0 atom stereocenters. The minimum atomic E-state index is -4.21. The van der Waals surface area contributed by atoms with Crippen LogP contribution >= 0.6 is 0 Å². The Morgan fingerprint density at radius 3 is 2.03 bits per heavy atom. The second kappa shape index (κ2) is 10.3. The van der Waals surface area contributed by atoms with E-state index in [1.807, 2.05) is 13.8 Å². The SMILES string of the molecule is CCOc1ccc(N(C(=O)CCCN2C(=O)c3ccccc3C2=O)S(=O)(=O)c2ccc(C)cc2)cc1. The summed E-state index contributed by atoms with van der Waals surface area (Å²) in [6.45, 7) is 4.12. The van der Waals surface area contributed by atoms with E-state index in [9.17, 15) is 22.8 Å². The van der Waals surface area contributed by atoms with Crippen LogP contribution in [0.3, 0.4) is 0 Å². The van der Waals surface area contributed by atoms with Gasteiger partial charge in [0.25, 0.3) is 21.8 Å². The van der Waals surface area contributed by atoms with E-state index in [0.717, 1.165) is 14.8 Å². The Labute approximate surface area is 210 Å². The second-order valence-electron chi connectivity index (χ2n) is 8.31. The lowest BCUT2D eigenvalue weighted by Crippen LogP contribution is -2.38. The summed E-state index contributed by atoms with van der Waals surface area (Å²) in [5.41, 5.74) is 1.71. The molecule has 0 aromatic heterocycles. The molecule has 0 saturated carbocycles. The standard InChI is InChI=1S/C27H26N2O6S/c1-3-35-21-14-12-20(13-15-21)29(36(33,34)22-16-10-19(2)11-17-22)25(30)9-6-18-28-26(31)23-7-4-5-8-24(23)27(28)32/h4-5,7-8,10-17H,3,6,9,18H2,1-2H3. The van der Waals surface area contributed by atoms with Gasteiger partial charge in [-0.25, -0.2) is 12.7 Å². The first kappa shape index (κ1) is 25.1. The van der Waals surface area contributed by atoms with Gasteiger partial charge in [0.2, 0.25) is 5.91 Å². The van der Waals surface area contributed by atoms with E-state index in [4.69, 9.17) is 4.74 Å². The average molecular weight is 507 g/mol. The maximum atomic E-state index is 13.5. The molecule has 0 N–H and O–H groups in total. The average Bonchev–Trinajstić information content (AvgIpc) is 3.10. The number of ether oxygens (including phenoxy) is 1. The molecule has 8 nitrogen and oxygen atoms in total. The minimum Gasteiger partial charge on any atom is -0.494 e. The highest BCUT2D eigenvalue weighted by molar-refractivity contribution is 7.93. The number of sulfonamides is 1. The maximum Gasteiger partial charge on any atom is 0.270 e. The van der Waals surface area contributed by atoms with Crippen LogP contribution in [0.5, 0.6) is 5.75 Å². The third kappa shape index (κ3) is 4.87. The number of hydrogen-bond donors (Lipinski definition) is 0. The molecular formula is C27H26N2O6S. The predicted molar refractivity (Wildman–Crippen MR) is 135 cm³/mol. The Balaban J connectivity index is 1.55. The summed E-state index contributed by atoms with van der Waals surface area (Å²) in [4.78, 5) is 39.6. The van der Waals surface area contributed by atoms with E-state index < -0.39 is 27.7 Å². The summed E-state index contributed by atoms with van der Waals surface area (Å²) in [5.74, 6) is -0.958. The van der Waals surface area contributed by atoms with E-state index in [0.29, 0.717) is 23.5 Å². The van der Waals surface area contributed by atoms with Gasteiger partial charge < -0.3 is 4.74 Å². The first-order valence-electron chi connectivity index (χ1n) is 11.6. The van der Waals surface area contributed by atoms with Gasteiger partial charge in [0.05, 0.1) is 28.3 Å². The van der Waals surface area contributed by atoms with Gasteiger partial charge in [0, 0.05) is 13.0 Å². The lowest BCUT2D eigenvalue weighted by Gasteiger charge is -2.23. The van der Waals surface area contributed by atoms with Crippen molar-refractivity contribution in [1.82, 2.24) is 4.90 Å². The predicted octanol–water partition coefficient (Wildman–Crippen LogP) is 4.19. The number of benzene rings is 3. The van der Waals surface area contributed by atoms with E-state index in [1.165, 1.54) is 24.3 Å². The van der Waals surface area contributed by atoms with Crippen molar-refractivity contribution in [3.63, 3.8) is 0 Å². The Morgan fingerprint density at radius 1 is 0.889 bits per heavy atom. The second-order valence-corrected chi connectivity index (χ2v) is 10.1. The minimum absolute atomic E-state index is 0.000214. The zero-order valence-electron chi connectivity index (χ0n) is 20.0. The maximum absolute atomic E-state index is 13.5. The van der Waals surface area contributed by atoms with Gasteiger partial charge in [-0.2, -0.15) is 0 Å². The highest BCUT2D eigenvalue weighted by atomic mass is 32.2. The highest BCUT2D eigenvalue weighted by Gasteiger charge is 2.35.